The van der Waals surface area contributed by atoms with E-state index >= 15 is 0 Å². The molecule has 0 unspecified atom stereocenters. The molecule has 0 atom stereocenters. The van der Waals surface area contributed by atoms with Gasteiger partial charge in [0.2, 0.25) is 0 Å². The molecule has 7 heteroatoms. The minimum Gasteiger partial charge on any atom is -0.488 e. The number of benzene rings is 2. The zero-order chi connectivity index (χ0) is 19.4. The lowest BCUT2D eigenvalue weighted by atomic mass is 10.1. The lowest BCUT2D eigenvalue weighted by Crippen LogP contribution is -2.28. The van der Waals surface area contributed by atoms with Gasteiger partial charge in [0.25, 0.3) is 11.1 Å². The minimum absolute atomic E-state index is 0.218. The third-order valence-electron chi connectivity index (χ3n) is 3.89. The Hall–Kier alpha value is -1.32. The van der Waals surface area contributed by atoms with Gasteiger partial charge in [0.05, 0.1) is 4.91 Å². The third kappa shape index (κ3) is 5.14. The van der Waals surface area contributed by atoms with Gasteiger partial charge >= 0.3 is 0 Å². The molecule has 140 valence electrons. The van der Waals surface area contributed by atoms with E-state index in [9.17, 15) is 9.59 Å². The number of carbonyl (C=O) groups excluding carboxylic acids is 2. The summed E-state index contributed by atoms with van der Waals surface area (Å²) in [6.45, 7) is 2.81. The fourth-order valence-electron chi connectivity index (χ4n) is 2.56. The zero-order valence-corrected chi connectivity index (χ0v) is 19.1. The van der Waals surface area contributed by atoms with Crippen molar-refractivity contribution < 1.29 is 14.3 Å². The molecular formula is C20H17BrINO3S. The van der Waals surface area contributed by atoms with Gasteiger partial charge in [-0.15, -0.1) is 0 Å². The van der Waals surface area contributed by atoms with Crippen molar-refractivity contribution in [3.05, 3.63) is 66.5 Å². The summed E-state index contributed by atoms with van der Waals surface area (Å²) in [5, 5.41) is -0.218. The maximum absolute atomic E-state index is 12.5. The number of ether oxygens (including phenoxy) is 1. The molecule has 1 fully saturated rings. The highest BCUT2D eigenvalue weighted by Crippen LogP contribution is 2.35. The number of hydrogen-bond donors (Lipinski definition) is 0. The number of imide groups is 1. The van der Waals surface area contributed by atoms with E-state index in [1.54, 1.807) is 6.08 Å². The molecule has 2 aromatic carbocycles. The van der Waals surface area contributed by atoms with Crippen molar-refractivity contribution in [2.75, 3.05) is 6.54 Å². The van der Waals surface area contributed by atoms with Gasteiger partial charge in [0.15, 0.2) is 0 Å². The topological polar surface area (TPSA) is 46.6 Å². The van der Waals surface area contributed by atoms with Gasteiger partial charge in [-0.25, -0.2) is 0 Å². The molecule has 1 heterocycles. The van der Waals surface area contributed by atoms with E-state index in [4.69, 9.17) is 4.74 Å². The summed E-state index contributed by atoms with van der Waals surface area (Å²) in [4.78, 5) is 26.2. The first kappa shape index (κ1) is 20.4. The molecule has 0 spiro atoms. The number of hydrogen-bond acceptors (Lipinski definition) is 4. The molecule has 2 amide bonds. The number of nitrogens with zero attached hydrogens (tertiary/aromatic N) is 1. The molecule has 0 saturated carbocycles. The van der Waals surface area contributed by atoms with Gasteiger partial charge in [-0.1, -0.05) is 35.0 Å². The Morgan fingerprint density at radius 3 is 2.63 bits per heavy atom. The van der Waals surface area contributed by atoms with E-state index in [2.05, 4.69) is 38.5 Å². The van der Waals surface area contributed by atoms with Crippen LogP contribution in [0, 0.1) is 3.57 Å². The SMILES string of the molecule is CCCN1C(=O)S/C(=C/c2cc(Br)ccc2OCc2ccc(I)cc2)C1=O. The van der Waals surface area contributed by atoms with Crippen LogP contribution in [0.5, 0.6) is 5.75 Å². The molecule has 1 aliphatic heterocycles. The fraction of sp³-hybridized carbons (Fsp3) is 0.200. The summed E-state index contributed by atoms with van der Waals surface area (Å²) in [6.07, 6.45) is 2.47. The second-order valence-electron chi connectivity index (χ2n) is 5.93. The summed E-state index contributed by atoms with van der Waals surface area (Å²) in [6, 6.07) is 13.8. The van der Waals surface area contributed by atoms with Gasteiger partial charge in [0.1, 0.15) is 12.4 Å². The average molecular weight is 558 g/mol. The summed E-state index contributed by atoms with van der Waals surface area (Å²) < 4.78 is 8.03. The quantitative estimate of drug-likeness (QED) is 0.319. The second-order valence-corrected chi connectivity index (χ2v) is 9.09. The number of carbonyl (C=O) groups is 2. The second kappa shape index (κ2) is 9.25. The third-order valence-corrected chi connectivity index (χ3v) is 6.01. The van der Waals surface area contributed by atoms with Crippen molar-refractivity contribution in [2.45, 2.75) is 20.0 Å². The predicted octanol–water partition coefficient (Wildman–Crippen LogP) is 6.08. The molecule has 3 rings (SSSR count). The molecule has 1 saturated heterocycles. The lowest BCUT2D eigenvalue weighted by Gasteiger charge is -2.11. The largest absolute Gasteiger partial charge is 0.488 e. The molecule has 0 radical (unpaired) electrons. The molecular weight excluding hydrogens is 541 g/mol. The average Bonchev–Trinajstić information content (AvgIpc) is 2.90. The van der Waals surface area contributed by atoms with Crippen LogP contribution < -0.4 is 4.74 Å². The molecule has 1 aliphatic rings. The van der Waals surface area contributed by atoms with E-state index in [1.165, 1.54) is 8.47 Å². The Bertz CT molecular complexity index is 899. The Labute approximate surface area is 184 Å². The molecule has 0 N–H and O–H groups in total. The first-order valence-electron chi connectivity index (χ1n) is 8.40. The smallest absolute Gasteiger partial charge is 0.293 e. The minimum atomic E-state index is -0.240. The normalized spacial score (nSPS) is 15.7. The predicted molar refractivity (Wildman–Crippen MR) is 121 cm³/mol. The van der Waals surface area contributed by atoms with Crippen molar-refractivity contribution >= 4 is 67.5 Å². The fourth-order valence-corrected chi connectivity index (χ4v) is 4.16. The van der Waals surface area contributed by atoms with Crippen LogP contribution in [-0.2, 0) is 11.4 Å². The van der Waals surface area contributed by atoms with Crippen molar-refractivity contribution in [1.82, 2.24) is 4.90 Å². The summed E-state index contributed by atoms with van der Waals surface area (Å²) >= 11 is 6.70. The van der Waals surface area contributed by atoms with Crippen LogP contribution in [-0.4, -0.2) is 22.6 Å². The van der Waals surface area contributed by atoms with Crippen LogP contribution in [0.15, 0.2) is 51.8 Å². The van der Waals surface area contributed by atoms with Crippen LogP contribution in [0.4, 0.5) is 4.79 Å². The molecule has 27 heavy (non-hydrogen) atoms. The first-order valence-corrected chi connectivity index (χ1v) is 11.1. The highest BCUT2D eigenvalue weighted by atomic mass is 127. The highest BCUT2D eigenvalue weighted by Gasteiger charge is 2.34. The molecule has 0 aliphatic carbocycles. The Morgan fingerprint density at radius 1 is 1.19 bits per heavy atom. The lowest BCUT2D eigenvalue weighted by molar-refractivity contribution is -0.122. The van der Waals surface area contributed by atoms with Crippen LogP contribution in [0.25, 0.3) is 6.08 Å². The van der Waals surface area contributed by atoms with Gasteiger partial charge in [-0.2, -0.15) is 0 Å². The summed E-state index contributed by atoms with van der Waals surface area (Å²) in [7, 11) is 0. The molecule has 4 nitrogen and oxygen atoms in total. The Kier molecular flexibility index (Phi) is 6.99. The van der Waals surface area contributed by atoms with E-state index in [-0.39, 0.29) is 11.1 Å². The highest BCUT2D eigenvalue weighted by molar-refractivity contribution is 14.1. The summed E-state index contributed by atoms with van der Waals surface area (Å²) in [5.74, 6) is 0.425. The summed E-state index contributed by atoms with van der Waals surface area (Å²) in [5.41, 5.74) is 1.82. The van der Waals surface area contributed by atoms with Crippen LogP contribution in [0.1, 0.15) is 24.5 Å². The number of halogens is 2. The van der Waals surface area contributed by atoms with Crippen LogP contribution >= 0.6 is 50.3 Å². The van der Waals surface area contributed by atoms with Gasteiger partial charge in [-0.05, 0) is 82.7 Å². The maximum atomic E-state index is 12.5. The monoisotopic (exact) mass is 557 g/mol. The molecule has 0 bridgehead atoms. The van der Waals surface area contributed by atoms with Crippen LogP contribution in [0.2, 0.25) is 0 Å². The van der Waals surface area contributed by atoms with E-state index in [0.717, 1.165) is 33.8 Å². The number of rotatable bonds is 6. The number of thioether (sulfide) groups is 1. The van der Waals surface area contributed by atoms with Crippen molar-refractivity contribution in [1.29, 1.82) is 0 Å². The number of amides is 2. The Balaban J connectivity index is 1.83. The maximum Gasteiger partial charge on any atom is 0.293 e. The van der Waals surface area contributed by atoms with Crippen molar-refractivity contribution in [3.8, 4) is 5.75 Å². The van der Waals surface area contributed by atoms with Crippen molar-refractivity contribution in [2.24, 2.45) is 0 Å². The van der Waals surface area contributed by atoms with E-state index < -0.39 is 0 Å². The van der Waals surface area contributed by atoms with Gasteiger partial charge in [-0.3, -0.25) is 14.5 Å². The van der Waals surface area contributed by atoms with E-state index in [1.807, 2.05) is 49.4 Å². The Morgan fingerprint density at radius 2 is 1.93 bits per heavy atom. The molecule has 0 aromatic heterocycles. The first-order chi connectivity index (χ1) is 13.0. The molecule has 2 aromatic rings. The van der Waals surface area contributed by atoms with Crippen LogP contribution in [0.3, 0.4) is 0 Å². The standard InChI is InChI=1S/C20H17BrINO3S/c1-2-9-23-19(24)18(27-20(23)25)11-14-10-15(21)5-8-17(14)26-12-13-3-6-16(22)7-4-13/h3-8,10-11H,2,9,12H2,1H3/b18-11+. The van der Waals surface area contributed by atoms with Crippen molar-refractivity contribution in [3.63, 3.8) is 0 Å². The van der Waals surface area contributed by atoms with E-state index in [0.29, 0.717) is 23.8 Å². The zero-order valence-electron chi connectivity index (χ0n) is 14.6. The van der Waals surface area contributed by atoms with Gasteiger partial charge in [0, 0.05) is 20.2 Å². The van der Waals surface area contributed by atoms with Gasteiger partial charge < -0.3 is 4.74 Å².